The Kier molecular flexibility index (Phi) is 5.61. The van der Waals surface area contributed by atoms with Crippen LogP contribution in [0.15, 0.2) is 36.5 Å². The summed E-state index contributed by atoms with van der Waals surface area (Å²) < 4.78 is 0. The maximum Gasteiger partial charge on any atom is 0.252 e. The Morgan fingerprint density at radius 1 is 1.27 bits per heavy atom. The lowest BCUT2D eigenvalue weighted by molar-refractivity contribution is -0.132. The molecule has 1 aliphatic heterocycles. The Labute approximate surface area is 153 Å². The zero-order valence-electron chi connectivity index (χ0n) is 15.0. The van der Waals surface area contributed by atoms with E-state index in [2.05, 4.69) is 9.97 Å². The van der Waals surface area contributed by atoms with Gasteiger partial charge in [-0.2, -0.15) is 0 Å². The minimum absolute atomic E-state index is 0.102. The summed E-state index contributed by atoms with van der Waals surface area (Å²) in [6.07, 6.45) is 4.64. The van der Waals surface area contributed by atoms with E-state index in [1.807, 2.05) is 35.2 Å². The molecule has 3 rings (SSSR count). The summed E-state index contributed by atoms with van der Waals surface area (Å²) in [5.41, 5.74) is 7.43. The Morgan fingerprint density at radius 3 is 2.73 bits per heavy atom. The maximum absolute atomic E-state index is 12.6. The molecule has 1 aliphatic rings. The third kappa shape index (κ3) is 4.25. The van der Waals surface area contributed by atoms with Gasteiger partial charge in [-0.3, -0.25) is 9.59 Å². The molecular weight excluding hydrogens is 328 g/mol. The van der Waals surface area contributed by atoms with Gasteiger partial charge in [-0.1, -0.05) is 30.3 Å². The third-order valence-electron chi connectivity index (χ3n) is 4.87. The second-order valence-corrected chi connectivity index (χ2v) is 6.76. The number of hydrogen-bond donors (Lipinski definition) is 1. The molecule has 136 valence electrons. The van der Waals surface area contributed by atoms with Crippen LogP contribution in [-0.4, -0.2) is 39.8 Å². The van der Waals surface area contributed by atoms with E-state index in [4.69, 9.17) is 5.73 Å². The van der Waals surface area contributed by atoms with Gasteiger partial charge in [0.15, 0.2) is 0 Å². The molecule has 1 fully saturated rings. The molecule has 2 N–H and O–H groups in total. The van der Waals surface area contributed by atoms with Crippen LogP contribution in [0, 0.1) is 6.92 Å². The maximum atomic E-state index is 12.6. The number of nitrogens with two attached hydrogens (primary N) is 1. The molecule has 0 aliphatic carbocycles. The van der Waals surface area contributed by atoms with Crippen molar-refractivity contribution in [3.05, 3.63) is 59.2 Å². The number of carbonyl (C=O) groups is 2. The molecule has 0 spiro atoms. The summed E-state index contributed by atoms with van der Waals surface area (Å²) in [6, 6.07) is 10.1. The SMILES string of the molecule is Cc1nc(C2CCCN(C(=O)CCc3ccccc3)C2)ncc1C(N)=O. The average molecular weight is 352 g/mol. The molecule has 2 amide bonds. The highest BCUT2D eigenvalue weighted by molar-refractivity contribution is 5.93. The lowest BCUT2D eigenvalue weighted by Gasteiger charge is -2.32. The van der Waals surface area contributed by atoms with Gasteiger partial charge in [0.05, 0.1) is 11.3 Å². The fraction of sp³-hybridized carbons (Fsp3) is 0.400. The van der Waals surface area contributed by atoms with E-state index in [1.165, 1.54) is 11.8 Å². The number of nitrogens with zero attached hydrogens (tertiary/aromatic N) is 3. The number of piperidine rings is 1. The summed E-state index contributed by atoms with van der Waals surface area (Å²) in [7, 11) is 0. The van der Waals surface area contributed by atoms with E-state index in [1.54, 1.807) is 6.92 Å². The van der Waals surface area contributed by atoms with Crippen molar-refractivity contribution in [1.29, 1.82) is 0 Å². The largest absolute Gasteiger partial charge is 0.365 e. The zero-order chi connectivity index (χ0) is 18.5. The number of amides is 2. The summed E-state index contributed by atoms with van der Waals surface area (Å²) in [5, 5.41) is 0. The second kappa shape index (κ2) is 8.08. The van der Waals surface area contributed by atoms with Crippen molar-refractivity contribution < 1.29 is 9.59 Å². The van der Waals surface area contributed by atoms with Crippen molar-refractivity contribution in [2.45, 2.75) is 38.5 Å². The van der Waals surface area contributed by atoms with Crippen LogP contribution in [-0.2, 0) is 11.2 Å². The van der Waals surface area contributed by atoms with Gasteiger partial charge in [-0.25, -0.2) is 9.97 Å². The molecule has 0 radical (unpaired) electrons. The molecule has 26 heavy (non-hydrogen) atoms. The third-order valence-corrected chi connectivity index (χ3v) is 4.87. The monoisotopic (exact) mass is 352 g/mol. The fourth-order valence-electron chi connectivity index (χ4n) is 3.39. The van der Waals surface area contributed by atoms with Crippen LogP contribution in [0.5, 0.6) is 0 Å². The average Bonchev–Trinajstić information content (AvgIpc) is 2.66. The summed E-state index contributed by atoms with van der Waals surface area (Å²) in [5.74, 6) is 0.442. The van der Waals surface area contributed by atoms with Crippen LogP contribution >= 0.6 is 0 Å². The van der Waals surface area contributed by atoms with Gasteiger partial charge in [-0.15, -0.1) is 0 Å². The topological polar surface area (TPSA) is 89.2 Å². The lowest BCUT2D eigenvalue weighted by atomic mass is 9.96. The molecule has 0 bridgehead atoms. The number of rotatable bonds is 5. The van der Waals surface area contributed by atoms with Crippen molar-refractivity contribution in [2.75, 3.05) is 13.1 Å². The highest BCUT2D eigenvalue weighted by Gasteiger charge is 2.26. The minimum atomic E-state index is -0.518. The number of carbonyl (C=O) groups excluding carboxylic acids is 2. The van der Waals surface area contributed by atoms with E-state index in [0.717, 1.165) is 25.8 Å². The molecule has 2 aromatic rings. The minimum Gasteiger partial charge on any atom is -0.365 e. The summed E-state index contributed by atoms with van der Waals surface area (Å²) in [6.45, 7) is 3.17. The van der Waals surface area contributed by atoms with Gasteiger partial charge < -0.3 is 10.6 Å². The number of aryl methyl sites for hydroxylation is 2. The van der Waals surface area contributed by atoms with Gasteiger partial charge in [0.25, 0.3) is 5.91 Å². The first-order valence-electron chi connectivity index (χ1n) is 8.99. The Bertz CT molecular complexity index is 792. The lowest BCUT2D eigenvalue weighted by Crippen LogP contribution is -2.39. The van der Waals surface area contributed by atoms with Crippen molar-refractivity contribution in [1.82, 2.24) is 14.9 Å². The quantitative estimate of drug-likeness (QED) is 0.893. The molecule has 1 unspecified atom stereocenters. The van der Waals surface area contributed by atoms with Crippen LogP contribution < -0.4 is 5.73 Å². The van der Waals surface area contributed by atoms with Crippen LogP contribution in [0.25, 0.3) is 0 Å². The molecule has 1 atom stereocenters. The fourth-order valence-corrected chi connectivity index (χ4v) is 3.39. The number of aromatic nitrogens is 2. The van der Waals surface area contributed by atoms with Crippen LogP contribution in [0.3, 0.4) is 0 Å². The molecule has 1 aromatic carbocycles. The van der Waals surface area contributed by atoms with Gasteiger partial charge in [0, 0.05) is 31.6 Å². The van der Waals surface area contributed by atoms with Crippen LogP contribution in [0.1, 0.15) is 52.6 Å². The van der Waals surface area contributed by atoms with Crippen LogP contribution in [0.4, 0.5) is 0 Å². The van der Waals surface area contributed by atoms with Crippen molar-refractivity contribution >= 4 is 11.8 Å². The van der Waals surface area contributed by atoms with Crippen LogP contribution in [0.2, 0.25) is 0 Å². The number of likely N-dealkylation sites (tertiary alicyclic amines) is 1. The molecule has 0 saturated carbocycles. The van der Waals surface area contributed by atoms with E-state index in [-0.39, 0.29) is 11.8 Å². The molecule has 1 saturated heterocycles. The summed E-state index contributed by atoms with van der Waals surface area (Å²) in [4.78, 5) is 34.6. The van der Waals surface area contributed by atoms with Gasteiger partial charge >= 0.3 is 0 Å². The predicted molar refractivity (Wildman–Crippen MR) is 98.6 cm³/mol. The van der Waals surface area contributed by atoms with E-state index in [0.29, 0.717) is 30.0 Å². The Hall–Kier alpha value is -2.76. The van der Waals surface area contributed by atoms with Gasteiger partial charge in [0.2, 0.25) is 5.91 Å². The summed E-state index contributed by atoms with van der Waals surface area (Å²) >= 11 is 0. The first-order valence-corrected chi connectivity index (χ1v) is 8.99. The molecule has 6 heteroatoms. The van der Waals surface area contributed by atoms with E-state index < -0.39 is 5.91 Å². The van der Waals surface area contributed by atoms with Gasteiger partial charge in [-0.05, 0) is 31.7 Å². The predicted octanol–water partition coefficient (Wildman–Crippen LogP) is 2.22. The van der Waals surface area contributed by atoms with Gasteiger partial charge in [0.1, 0.15) is 5.82 Å². The highest BCUT2D eigenvalue weighted by atomic mass is 16.2. The van der Waals surface area contributed by atoms with Crippen molar-refractivity contribution in [3.8, 4) is 0 Å². The van der Waals surface area contributed by atoms with E-state index in [9.17, 15) is 9.59 Å². The normalized spacial score (nSPS) is 17.1. The smallest absolute Gasteiger partial charge is 0.252 e. The van der Waals surface area contributed by atoms with E-state index >= 15 is 0 Å². The number of benzene rings is 1. The molecular formula is C20H24N4O2. The second-order valence-electron chi connectivity index (χ2n) is 6.76. The molecule has 6 nitrogen and oxygen atoms in total. The molecule has 2 heterocycles. The molecule has 1 aromatic heterocycles. The highest BCUT2D eigenvalue weighted by Crippen LogP contribution is 2.25. The number of hydrogen-bond acceptors (Lipinski definition) is 4. The van der Waals surface area contributed by atoms with Crippen molar-refractivity contribution in [3.63, 3.8) is 0 Å². The zero-order valence-corrected chi connectivity index (χ0v) is 15.0. The Morgan fingerprint density at radius 2 is 2.04 bits per heavy atom. The Balaban J connectivity index is 1.62. The number of primary amides is 1. The van der Waals surface area contributed by atoms with Crippen molar-refractivity contribution in [2.24, 2.45) is 5.73 Å². The first kappa shape index (κ1) is 18.0. The first-order chi connectivity index (χ1) is 12.5. The standard InChI is InChI=1S/C20H24N4O2/c1-14-17(19(21)26)12-22-20(23-14)16-8-5-11-24(13-16)18(25)10-9-15-6-3-2-4-7-15/h2-4,6-7,12,16H,5,8-11,13H2,1H3,(H2,21,26).